The molecule has 1 aliphatic heterocycles. The standard InChI is InChI=1S/C19H31N3O/c1-14(2)15-8-10-16(11-9-15)20-17-7-6-12-22(13-17)18(23)21-19(3,4)5/h8-11,14,17,20H,6-7,12-13H2,1-5H3,(H,21,23)/t17-/m1/s1. The highest BCUT2D eigenvalue weighted by Gasteiger charge is 2.25. The zero-order chi connectivity index (χ0) is 17.0. The Kier molecular flexibility index (Phi) is 5.55. The number of carbonyl (C=O) groups excluding carboxylic acids is 1. The SMILES string of the molecule is CC(C)c1ccc(N[C@@H]2CCCN(C(=O)NC(C)(C)C)C2)cc1. The van der Waals surface area contributed by atoms with Gasteiger partial charge in [-0.05, 0) is 57.2 Å². The number of hydrogen-bond acceptors (Lipinski definition) is 2. The molecular formula is C19H31N3O. The third-order valence-corrected chi connectivity index (χ3v) is 4.14. The number of amides is 2. The summed E-state index contributed by atoms with van der Waals surface area (Å²) in [5, 5.41) is 6.63. The van der Waals surface area contributed by atoms with E-state index in [1.165, 1.54) is 5.56 Å². The Morgan fingerprint density at radius 2 is 1.87 bits per heavy atom. The summed E-state index contributed by atoms with van der Waals surface area (Å²) < 4.78 is 0. The van der Waals surface area contributed by atoms with Crippen LogP contribution in [0.4, 0.5) is 10.5 Å². The van der Waals surface area contributed by atoms with Gasteiger partial charge in [-0.3, -0.25) is 0 Å². The first kappa shape index (κ1) is 17.6. The molecule has 0 aromatic heterocycles. The van der Waals surface area contributed by atoms with Gasteiger partial charge >= 0.3 is 6.03 Å². The van der Waals surface area contributed by atoms with Crippen molar-refractivity contribution >= 4 is 11.7 Å². The fourth-order valence-corrected chi connectivity index (χ4v) is 2.88. The van der Waals surface area contributed by atoms with E-state index in [0.29, 0.717) is 12.0 Å². The molecule has 1 atom stereocenters. The molecule has 2 rings (SSSR count). The van der Waals surface area contributed by atoms with Gasteiger partial charge in [0.25, 0.3) is 0 Å². The Balaban J connectivity index is 1.92. The number of nitrogens with one attached hydrogen (secondary N) is 2. The summed E-state index contributed by atoms with van der Waals surface area (Å²) >= 11 is 0. The summed E-state index contributed by atoms with van der Waals surface area (Å²) in [5.41, 5.74) is 2.30. The number of piperidine rings is 1. The number of rotatable bonds is 3. The van der Waals surface area contributed by atoms with Gasteiger partial charge in [0.05, 0.1) is 0 Å². The molecule has 1 saturated heterocycles. The second-order valence-electron chi connectivity index (χ2n) is 7.89. The molecule has 1 aromatic rings. The number of carbonyl (C=O) groups is 1. The zero-order valence-electron chi connectivity index (χ0n) is 15.1. The van der Waals surface area contributed by atoms with Crippen molar-refractivity contribution in [2.75, 3.05) is 18.4 Å². The fraction of sp³-hybridized carbons (Fsp3) is 0.632. The lowest BCUT2D eigenvalue weighted by Crippen LogP contribution is -2.53. The summed E-state index contributed by atoms with van der Waals surface area (Å²) in [4.78, 5) is 14.2. The lowest BCUT2D eigenvalue weighted by Gasteiger charge is -2.35. The van der Waals surface area contributed by atoms with Crippen molar-refractivity contribution in [2.45, 2.75) is 65.0 Å². The minimum atomic E-state index is -0.190. The quantitative estimate of drug-likeness (QED) is 0.878. The number of nitrogens with zero attached hydrogens (tertiary/aromatic N) is 1. The van der Waals surface area contributed by atoms with Crippen molar-refractivity contribution in [3.05, 3.63) is 29.8 Å². The highest BCUT2D eigenvalue weighted by Crippen LogP contribution is 2.20. The van der Waals surface area contributed by atoms with Crippen molar-refractivity contribution < 1.29 is 4.79 Å². The highest BCUT2D eigenvalue weighted by molar-refractivity contribution is 5.75. The minimum Gasteiger partial charge on any atom is -0.381 e. The maximum atomic E-state index is 12.3. The van der Waals surface area contributed by atoms with Crippen molar-refractivity contribution in [1.29, 1.82) is 0 Å². The minimum absolute atomic E-state index is 0.0409. The molecule has 4 nitrogen and oxygen atoms in total. The molecule has 0 spiro atoms. The number of likely N-dealkylation sites (tertiary alicyclic amines) is 1. The van der Waals surface area contributed by atoms with Crippen LogP contribution in [-0.2, 0) is 0 Å². The van der Waals surface area contributed by atoms with Gasteiger partial charge in [-0.1, -0.05) is 26.0 Å². The van der Waals surface area contributed by atoms with Crippen LogP contribution in [0.3, 0.4) is 0 Å². The molecule has 0 saturated carbocycles. The molecule has 4 heteroatoms. The summed E-state index contributed by atoms with van der Waals surface area (Å²) in [6, 6.07) is 9.01. The molecule has 0 bridgehead atoms. The van der Waals surface area contributed by atoms with Crippen molar-refractivity contribution in [2.24, 2.45) is 0 Å². The van der Waals surface area contributed by atoms with E-state index in [1.54, 1.807) is 0 Å². The third kappa shape index (κ3) is 5.45. The first-order valence-electron chi connectivity index (χ1n) is 8.68. The fourth-order valence-electron chi connectivity index (χ4n) is 2.88. The molecule has 1 heterocycles. The van der Waals surface area contributed by atoms with Crippen LogP contribution in [0.5, 0.6) is 0 Å². The predicted octanol–water partition coefficient (Wildman–Crippen LogP) is 4.19. The number of benzene rings is 1. The second kappa shape index (κ2) is 7.24. The molecule has 23 heavy (non-hydrogen) atoms. The van der Waals surface area contributed by atoms with E-state index in [1.807, 2.05) is 25.7 Å². The van der Waals surface area contributed by atoms with E-state index >= 15 is 0 Å². The van der Waals surface area contributed by atoms with E-state index in [4.69, 9.17) is 0 Å². The summed E-state index contributed by atoms with van der Waals surface area (Å²) in [6.45, 7) is 12.0. The molecule has 0 radical (unpaired) electrons. The van der Waals surface area contributed by atoms with Crippen molar-refractivity contribution in [1.82, 2.24) is 10.2 Å². The maximum absolute atomic E-state index is 12.3. The monoisotopic (exact) mass is 317 g/mol. The first-order chi connectivity index (χ1) is 10.7. The van der Waals surface area contributed by atoms with Gasteiger partial charge in [0.1, 0.15) is 0 Å². The second-order valence-corrected chi connectivity index (χ2v) is 7.89. The van der Waals surface area contributed by atoms with Crippen LogP contribution < -0.4 is 10.6 Å². The smallest absolute Gasteiger partial charge is 0.317 e. The molecule has 0 aliphatic carbocycles. The summed E-state index contributed by atoms with van der Waals surface area (Å²) in [5.74, 6) is 0.551. The highest BCUT2D eigenvalue weighted by atomic mass is 16.2. The topological polar surface area (TPSA) is 44.4 Å². The van der Waals surface area contributed by atoms with Crippen LogP contribution in [0.1, 0.15) is 58.9 Å². The molecule has 2 amide bonds. The van der Waals surface area contributed by atoms with Crippen LogP contribution in [0.25, 0.3) is 0 Å². The summed E-state index contributed by atoms with van der Waals surface area (Å²) in [6.07, 6.45) is 2.14. The van der Waals surface area contributed by atoms with Gasteiger partial charge in [-0.25, -0.2) is 4.79 Å². The van der Waals surface area contributed by atoms with Crippen molar-refractivity contribution in [3.8, 4) is 0 Å². The predicted molar refractivity (Wildman–Crippen MR) is 97.0 cm³/mol. The van der Waals surface area contributed by atoms with Crippen LogP contribution in [-0.4, -0.2) is 35.6 Å². The van der Waals surface area contributed by atoms with Crippen LogP contribution in [0.15, 0.2) is 24.3 Å². The van der Waals surface area contributed by atoms with Crippen molar-refractivity contribution in [3.63, 3.8) is 0 Å². The van der Waals surface area contributed by atoms with E-state index < -0.39 is 0 Å². The number of anilines is 1. The Bertz CT molecular complexity index is 516. The number of urea groups is 1. The Hall–Kier alpha value is -1.71. The average Bonchev–Trinajstić information content (AvgIpc) is 2.46. The van der Waals surface area contributed by atoms with Gasteiger partial charge < -0.3 is 15.5 Å². The molecule has 2 N–H and O–H groups in total. The van der Waals surface area contributed by atoms with Gasteiger partial charge in [0.2, 0.25) is 0 Å². The van der Waals surface area contributed by atoms with E-state index in [2.05, 4.69) is 48.7 Å². The van der Waals surface area contributed by atoms with Gasteiger partial charge in [-0.2, -0.15) is 0 Å². The van der Waals surface area contributed by atoms with E-state index in [-0.39, 0.29) is 11.6 Å². The summed E-state index contributed by atoms with van der Waals surface area (Å²) in [7, 11) is 0. The van der Waals surface area contributed by atoms with Gasteiger partial charge in [-0.15, -0.1) is 0 Å². The first-order valence-corrected chi connectivity index (χ1v) is 8.68. The van der Waals surface area contributed by atoms with E-state index in [0.717, 1.165) is 31.6 Å². The van der Waals surface area contributed by atoms with Crippen LogP contribution in [0.2, 0.25) is 0 Å². The molecular weight excluding hydrogens is 286 g/mol. The van der Waals surface area contributed by atoms with Gasteiger partial charge in [0.15, 0.2) is 0 Å². The van der Waals surface area contributed by atoms with E-state index in [9.17, 15) is 4.79 Å². The molecule has 1 aromatic carbocycles. The Labute approximate surface area is 140 Å². The Morgan fingerprint density at radius 3 is 2.43 bits per heavy atom. The molecule has 0 unspecified atom stereocenters. The lowest BCUT2D eigenvalue weighted by atomic mass is 10.0. The maximum Gasteiger partial charge on any atom is 0.317 e. The lowest BCUT2D eigenvalue weighted by molar-refractivity contribution is 0.174. The normalized spacial score (nSPS) is 18.9. The molecule has 1 aliphatic rings. The van der Waals surface area contributed by atoms with Crippen LogP contribution in [0, 0.1) is 0 Å². The molecule has 128 valence electrons. The zero-order valence-corrected chi connectivity index (χ0v) is 15.1. The largest absolute Gasteiger partial charge is 0.381 e. The Morgan fingerprint density at radius 1 is 1.22 bits per heavy atom. The average molecular weight is 317 g/mol. The van der Waals surface area contributed by atoms with Crippen LogP contribution >= 0.6 is 0 Å². The van der Waals surface area contributed by atoms with Gasteiger partial charge in [0, 0.05) is 30.4 Å². The number of hydrogen-bond donors (Lipinski definition) is 2. The third-order valence-electron chi connectivity index (χ3n) is 4.14. The molecule has 1 fully saturated rings.